The normalized spacial score (nSPS) is 10.8. The van der Waals surface area contributed by atoms with Crippen molar-refractivity contribution in [3.8, 4) is 5.75 Å². The fourth-order valence-electron chi connectivity index (χ4n) is 3.85. The van der Waals surface area contributed by atoms with Crippen molar-refractivity contribution in [2.75, 3.05) is 10.6 Å². The third kappa shape index (κ3) is 4.99. The number of ether oxygens (including phenoxy) is 1. The third-order valence-electron chi connectivity index (χ3n) is 5.77. The zero-order chi connectivity index (χ0) is 25.1. The molecule has 0 saturated heterocycles. The number of rotatable bonds is 7. The van der Waals surface area contributed by atoms with Crippen LogP contribution in [0, 0.1) is 13.8 Å². The lowest BCUT2D eigenvalue weighted by atomic mass is 10.0. The molecule has 180 valence electrons. The largest absolute Gasteiger partial charge is 0.488 e. The first kappa shape index (κ1) is 23.3. The van der Waals surface area contributed by atoms with E-state index in [0.29, 0.717) is 33.3 Å². The standard InChI is InChI=1S/C28H23N3O4S/c1-17-24(18(2)35-31-17)16-34-25-14-20-8-4-3-7-19(20)13-23(25)27(32)29-21-9-5-10-22(15-21)30-28(33)26-11-6-12-36-26/h3-15H,16H2,1-2H3,(H,29,32)(H,30,33). The Balaban J connectivity index is 1.39. The van der Waals surface area contributed by atoms with E-state index in [2.05, 4.69) is 15.8 Å². The van der Waals surface area contributed by atoms with Gasteiger partial charge in [0.2, 0.25) is 0 Å². The Morgan fingerprint density at radius 2 is 1.61 bits per heavy atom. The van der Waals surface area contributed by atoms with Gasteiger partial charge in [-0.15, -0.1) is 11.3 Å². The van der Waals surface area contributed by atoms with Gasteiger partial charge in [-0.05, 0) is 66.4 Å². The van der Waals surface area contributed by atoms with Crippen molar-refractivity contribution < 1.29 is 18.8 Å². The summed E-state index contributed by atoms with van der Waals surface area (Å²) >= 11 is 1.36. The van der Waals surface area contributed by atoms with Gasteiger partial charge in [0.15, 0.2) is 0 Å². The molecule has 0 radical (unpaired) electrons. The van der Waals surface area contributed by atoms with Crippen molar-refractivity contribution in [1.82, 2.24) is 5.16 Å². The predicted molar refractivity (Wildman–Crippen MR) is 141 cm³/mol. The monoisotopic (exact) mass is 497 g/mol. The van der Waals surface area contributed by atoms with Crippen LogP contribution in [0.3, 0.4) is 0 Å². The summed E-state index contributed by atoms with van der Waals surface area (Å²) in [5, 5.41) is 13.5. The van der Waals surface area contributed by atoms with E-state index >= 15 is 0 Å². The summed E-state index contributed by atoms with van der Waals surface area (Å²) in [5.41, 5.74) is 3.13. The van der Waals surface area contributed by atoms with Crippen molar-refractivity contribution in [2.24, 2.45) is 0 Å². The number of amides is 2. The first-order chi connectivity index (χ1) is 17.5. The van der Waals surface area contributed by atoms with Gasteiger partial charge in [0.1, 0.15) is 18.1 Å². The SMILES string of the molecule is Cc1noc(C)c1COc1cc2ccccc2cc1C(=O)Nc1cccc(NC(=O)c2cccs2)c1. The zero-order valence-electron chi connectivity index (χ0n) is 19.7. The third-order valence-corrected chi connectivity index (χ3v) is 6.64. The molecule has 0 atom stereocenters. The molecule has 5 aromatic rings. The van der Waals surface area contributed by atoms with Gasteiger partial charge in [-0.2, -0.15) is 0 Å². The number of anilines is 2. The molecule has 36 heavy (non-hydrogen) atoms. The van der Waals surface area contributed by atoms with E-state index in [0.717, 1.165) is 22.0 Å². The summed E-state index contributed by atoms with van der Waals surface area (Å²) in [6.45, 7) is 3.91. The average molecular weight is 498 g/mol. The maximum atomic E-state index is 13.4. The second kappa shape index (κ2) is 10.1. The van der Waals surface area contributed by atoms with Crippen LogP contribution in [0.25, 0.3) is 10.8 Å². The Morgan fingerprint density at radius 3 is 2.28 bits per heavy atom. The zero-order valence-corrected chi connectivity index (χ0v) is 20.5. The molecule has 0 bridgehead atoms. The Morgan fingerprint density at radius 1 is 0.889 bits per heavy atom. The number of hydrogen-bond acceptors (Lipinski definition) is 6. The van der Waals surface area contributed by atoms with Crippen LogP contribution in [0.5, 0.6) is 5.75 Å². The smallest absolute Gasteiger partial charge is 0.265 e. The van der Waals surface area contributed by atoms with Gasteiger partial charge >= 0.3 is 0 Å². The molecule has 8 heteroatoms. The molecule has 0 aliphatic rings. The highest BCUT2D eigenvalue weighted by molar-refractivity contribution is 7.12. The van der Waals surface area contributed by atoms with Crippen LogP contribution in [0.1, 0.15) is 37.0 Å². The lowest BCUT2D eigenvalue weighted by Gasteiger charge is -2.14. The summed E-state index contributed by atoms with van der Waals surface area (Å²) in [6, 6.07) is 22.1. The van der Waals surface area contributed by atoms with Crippen molar-refractivity contribution >= 4 is 45.3 Å². The number of carbonyl (C=O) groups is 2. The number of nitrogens with one attached hydrogen (secondary N) is 2. The minimum Gasteiger partial charge on any atom is -0.488 e. The molecule has 2 heterocycles. The van der Waals surface area contributed by atoms with Crippen LogP contribution in [-0.2, 0) is 6.61 Å². The summed E-state index contributed by atoms with van der Waals surface area (Å²) in [4.78, 5) is 26.4. The van der Waals surface area contributed by atoms with Crippen molar-refractivity contribution in [1.29, 1.82) is 0 Å². The molecule has 5 rings (SSSR count). The van der Waals surface area contributed by atoms with Crippen molar-refractivity contribution in [3.63, 3.8) is 0 Å². The highest BCUT2D eigenvalue weighted by atomic mass is 32.1. The molecule has 2 N–H and O–H groups in total. The molecule has 0 unspecified atom stereocenters. The van der Waals surface area contributed by atoms with E-state index in [1.54, 1.807) is 30.3 Å². The molecule has 0 spiro atoms. The minimum absolute atomic E-state index is 0.196. The van der Waals surface area contributed by atoms with E-state index < -0.39 is 0 Å². The van der Waals surface area contributed by atoms with Crippen molar-refractivity contribution in [3.05, 3.63) is 106 Å². The number of fused-ring (bicyclic) bond motifs is 1. The van der Waals surface area contributed by atoms with Crippen LogP contribution in [0.2, 0.25) is 0 Å². The summed E-state index contributed by atoms with van der Waals surface area (Å²) in [6.07, 6.45) is 0. The first-order valence-electron chi connectivity index (χ1n) is 11.3. The van der Waals surface area contributed by atoms with Crippen LogP contribution in [0.15, 0.2) is 82.7 Å². The van der Waals surface area contributed by atoms with E-state index in [1.807, 2.05) is 61.7 Å². The molecule has 2 aromatic heterocycles. The quantitative estimate of drug-likeness (QED) is 0.265. The van der Waals surface area contributed by atoms with Gasteiger partial charge < -0.3 is 19.9 Å². The Hall–Kier alpha value is -4.43. The molecule has 0 aliphatic heterocycles. The molecule has 3 aromatic carbocycles. The number of carbonyl (C=O) groups excluding carboxylic acids is 2. The lowest BCUT2D eigenvalue weighted by molar-refractivity contribution is 0.101. The molecule has 0 saturated carbocycles. The molecule has 0 fully saturated rings. The fourth-order valence-corrected chi connectivity index (χ4v) is 4.47. The van der Waals surface area contributed by atoms with Gasteiger partial charge in [0.25, 0.3) is 11.8 Å². The van der Waals surface area contributed by atoms with Gasteiger partial charge in [0.05, 0.1) is 21.7 Å². The highest BCUT2D eigenvalue weighted by Gasteiger charge is 2.17. The number of aryl methyl sites for hydroxylation is 2. The summed E-state index contributed by atoms with van der Waals surface area (Å²) in [5.74, 6) is 0.614. The van der Waals surface area contributed by atoms with Crippen molar-refractivity contribution in [2.45, 2.75) is 20.5 Å². The second-order valence-electron chi connectivity index (χ2n) is 8.25. The van der Waals surface area contributed by atoms with E-state index in [4.69, 9.17) is 9.26 Å². The van der Waals surface area contributed by atoms with E-state index in [1.165, 1.54) is 11.3 Å². The summed E-state index contributed by atoms with van der Waals surface area (Å²) in [7, 11) is 0. The maximum absolute atomic E-state index is 13.4. The molecule has 2 amide bonds. The fraction of sp³-hybridized carbons (Fsp3) is 0.107. The van der Waals surface area contributed by atoms with Gasteiger partial charge in [-0.1, -0.05) is 41.6 Å². The predicted octanol–water partition coefficient (Wildman–Crippen LogP) is 6.59. The summed E-state index contributed by atoms with van der Waals surface area (Å²) < 4.78 is 11.3. The first-order valence-corrected chi connectivity index (χ1v) is 12.2. The van der Waals surface area contributed by atoms with Gasteiger partial charge in [-0.25, -0.2) is 0 Å². The lowest BCUT2D eigenvalue weighted by Crippen LogP contribution is -2.15. The van der Waals surface area contributed by atoms with E-state index in [9.17, 15) is 9.59 Å². The Kier molecular flexibility index (Phi) is 6.51. The van der Waals surface area contributed by atoms with Crippen LogP contribution in [-0.4, -0.2) is 17.0 Å². The molecular weight excluding hydrogens is 474 g/mol. The van der Waals surface area contributed by atoms with Crippen LogP contribution < -0.4 is 15.4 Å². The molecule has 0 aliphatic carbocycles. The van der Waals surface area contributed by atoms with Crippen LogP contribution in [0.4, 0.5) is 11.4 Å². The van der Waals surface area contributed by atoms with Gasteiger partial charge in [-0.3, -0.25) is 9.59 Å². The average Bonchev–Trinajstić information content (AvgIpc) is 3.53. The number of nitrogens with zero attached hydrogens (tertiary/aromatic N) is 1. The van der Waals surface area contributed by atoms with Gasteiger partial charge in [0, 0.05) is 11.4 Å². The highest BCUT2D eigenvalue weighted by Crippen LogP contribution is 2.29. The number of benzene rings is 3. The molecule has 7 nitrogen and oxygen atoms in total. The number of thiophene rings is 1. The van der Waals surface area contributed by atoms with Crippen LogP contribution >= 0.6 is 11.3 Å². The topological polar surface area (TPSA) is 93.5 Å². The molecular formula is C28H23N3O4S. The minimum atomic E-state index is -0.323. The number of aromatic nitrogens is 1. The Bertz CT molecular complexity index is 1540. The maximum Gasteiger partial charge on any atom is 0.265 e. The van der Waals surface area contributed by atoms with E-state index in [-0.39, 0.29) is 18.4 Å². The Labute approximate surface area is 211 Å². The second-order valence-corrected chi connectivity index (χ2v) is 9.20. The number of hydrogen-bond donors (Lipinski definition) is 2.